The number of benzene rings is 1. The highest BCUT2D eigenvalue weighted by Gasteiger charge is 2.26. The normalized spacial score (nSPS) is 13.7. The zero-order valence-corrected chi connectivity index (χ0v) is 21.1. The number of carbonyl (C=O) groups excluding carboxylic acids is 2. The molecule has 37 heavy (non-hydrogen) atoms. The van der Waals surface area contributed by atoms with Gasteiger partial charge in [0.2, 0.25) is 11.8 Å². The highest BCUT2D eigenvalue weighted by molar-refractivity contribution is 5.85. The number of methoxy groups -OCH3 is 1. The molecule has 1 aliphatic rings. The molecule has 0 spiro atoms. The minimum atomic E-state index is -0.186. The third-order valence-electron chi connectivity index (χ3n) is 6.29. The summed E-state index contributed by atoms with van der Waals surface area (Å²) >= 11 is 0. The van der Waals surface area contributed by atoms with Gasteiger partial charge in [0, 0.05) is 70.2 Å². The maximum Gasteiger partial charge on any atom is 0.242 e. The van der Waals surface area contributed by atoms with Crippen LogP contribution in [0.15, 0.2) is 53.3 Å². The lowest BCUT2D eigenvalue weighted by atomic mass is 10.1. The van der Waals surface area contributed by atoms with Gasteiger partial charge in [-0.2, -0.15) is 5.26 Å². The van der Waals surface area contributed by atoms with Crippen molar-refractivity contribution in [1.29, 1.82) is 5.26 Å². The number of anilines is 1. The Hall–Kier alpha value is -4.39. The Labute approximate surface area is 216 Å². The summed E-state index contributed by atoms with van der Waals surface area (Å²) in [4.78, 5) is 39.7. The second-order valence-electron chi connectivity index (χ2n) is 8.77. The highest BCUT2D eigenvalue weighted by Crippen LogP contribution is 2.34. The van der Waals surface area contributed by atoms with Gasteiger partial charge in [-0.25, -0.2) is 4.98 Å². The maximum atomic E-state index is 13.1. The Morgan fingerprint density at radius 2 is 2.11 bits per heavy atom. The van der Waals surface area contributed by atoms with Crippen molar-refractivity contribution in [3.05, 3.63) is 60.4 Å². The first-order valence-corrected chi connectivity index (χ1v) is 12.2. The fourth-order valence-electron chi connectivity index (χ4n) is 4.31. The van der Waals surface area contributed by atoms with Gasteiger partial charge in [-0.15, -0.1) is 0 Å². The van der Waals surface area contributed by atoms with Crippen molar-refractivity contribution in [2.24, 2.45) is 0 Å². The quantitative estimate of drug-likeness (QED) is 0.438. The molecule has 2 aromatic heterocycles. The van der Waals surface area contributed by atoms with Crippen molar-refractivity contribution in [1.82, 2.24) is 19.8 Å². The second-order valence-corrected chi connectivity index (χ2v) is 8.77. The van der Waals surface area contributed by atoms with E-state index in [1.165, 1.54) is 0 Å². The summed E-state index contributed by atoms with van der Waals surface area (Å²) in [5.41, 5.74) is 2.60. The van der Waals surface area contributed by atoms with Gasteiger partial charge in [0.15, 0.2) is 11.7 Å². The van der Waals surface area contributed by atoms with Crippen molar-refractivity contribution >= 4 is 17.5 Å². The topological polar surface area (TPSA) is 116 Å². The zero-order valence-electron chi connectivity index (χ0n) is 21.1. The van der Waals surface area contributed by atoms with Crippen molar-refractivity contribution in [2.75, 3.05) is 44.7 Å². The number of aromatic nitrogens is 2. The van der Waals surface area contributed by atoms with Crippen LogP contribution in [-0.2, 0) is 16.1 Å². The largest absolute Gasteiger partial charge is 0.496 e. The number of nitriles is 1. The SMILES string of the molecule is COc1cc(N2CCC(=O)N(CC(=O)N(CCC#N)Cc3cccnc3)CC2)ccc1-c1cnc(C)o1. The van der Waals surface area contributed by atoms with Gasteiger partial charge in [0.25, 0.3) is 0 Å². The van der Waals surface area contributed by atoms with Crippen LogP contribution in [0.5, 0.6) is 5.75 Å². The van der Waals surface area contributed by atoms with Crippen molar-refractivity contribution in [3.8, 4) is 23.1 Å². The molecule has 3 aromatic rings. The van der Waals surface area contributed by atoms with Crippen molar-refractivity contribution in [3.63, 3.8) is 0 Å². The number of pyridine rings is 1. The summed E-state index contributed by atoms with van der Waals surface area (Å²) < 4.78 is 11.3. The summed E-state index contributed by atoms with van der Waals surface area (Å²) in [5.74, 6) is 1.60. The lowest BCUT2D eigenvalue weighted by Gasteiger charge is -2.27. The molecule has 10 heteroatoms. The number of carbonyl (C=O) groups is 2. The molecule has 1 saturated heterocycles. The van der Waals surface area contributed by atoms with Crippen molar-refractivity contribution in [2.45, 2.75) is 26.3 Å². The van der Waals surface area contributed by atoms with Gasteiger partial charge in [-0.1, -0.05) is 6.07 Å². The minimum absolute atomic E-state index is 0.0224. The molecule has 1 aromatic carbocycles. The Kier molecular flexibility index (Phi) is 8.36. The summed E-state index contributed by atoms with van der Waals surface area (Å²) in [6.45, 7) is 3.93. The van der Waals surface area contributed by atoms with E-state index in [1.807, 2.05) is 30.3 Å². The summed E-state index contributed by atoms with van der Waals surface area (Å²) in [6, 6.07) is 11.6. The van der Waals surface area contributed by atoms with Gasteiger partial charge < -0.3 is 23.9 Å². The Balaban J connectivity index is 1.43. The summed E-state index contributed by atoms with van der Waals surface area (Å²) in [6.07, 6.45) is 5.55. The van der Waals surface area contributed by atoms with Crippen LogP contribution >= 0.6 is 0 Å². The van der Waals surface area contributed by atoms with Crippen molar-refractivity contribution < 1.29 is 18.7 Å². The number of ether oxygens (including phenoxy) is 1. The first kappa shape index (κ1) is 25.7. The van der Waals surface area contributed by atoms with Crippen LogP contribution in [0, 0.1) is 18.3 Å². The molecule has 192 valence electrons. The van der Waals surface area contributed by atoms with E-state index in [4.69, 9.17) is 14.4 Å². The van der Waals surface area contributed by atoms with Crippen LogP contribution in [0.3, 0.4) is 0 Å². The van der Waals surface area contributed by atoms with Crippen LogP contribution in [0.1, 0.15) is 24.3 Å². The van der Waals surface area contributed by atoms with E-state index in [1.54, 1.807) is 42.4 Å². The zero-order chi connectivity index (χ0) is 26.2. The lowest BCUT2D eigenvalue weighted by molar-refractivity contribution is -0.140. The molecular formula is C27H30N6O4. The van der Waals surface area contributed by atoms with Crippen LogP contribution in [0.25, 0.3) is 11.3 Å². The molecule has 10 nitrogen and oxygen atoms in total. The number of rotatable bonds is 9. The first-order valence-electron chi connectivity index (χ1n) is 12.2. The van der Waals surface area contributed by atoms with E-state index >= 15 is 0 Å². The number of hydrogen-bond donors (Lipinski definition) is 0. The molecule has 0 atom stereocenters. The summed E-state index contributed by atoms with van der Waals surface area (Å²) in [7, 11) is 1.61. The van der Waals surface area contributed by atoms with E-state index in [9.17, 15) is 9.59 Å². The molecule has 4 rings (SSSR count). The molecule has 0 bridgehead atoms. The molecule has 0 aliphatic carbocycles. The highest BCUT2D eigenvalue weighted by atomic mass is 16.5. The number of aryl methyl sites for hydroxylation is 1. The second kappa shape index (κ2) is 12.0. The van der Waals surface area contributed by atoms with E-state index in [2.05, 4.69) is 20.9 Å². The van der Waals surface area contributed by atoms with Gasteiger partial charge in [0.1, 0.15) is 5.75 Å². The Morgan fingerprint density at radius 3 is 2.81 bits per heavy atom. The molecule has 0 radical (unpaired) electrons. The number of amides is 2. The predicted molar refractivity (Wildman–Crippen MR) is 137 cm³/mol. The molecule has 0 unspecified atom stereocenters. The smallest absolute Gasteiger partial charge is 0.242 e. The van der Waals surface area contributed by atoms with E-state index in [0.29, 0.717) is 56.5 Å². The minimum Gasteiger partial charge on any atom is -0.496 e. The van der Waals surface area contributed by atoms with E-state index < -0.39 is 0 Å². The molecule has 2 amide bonds. The molecule has 0 saturated carbocycles. The fraction of sp³-hybridized carbons (Fsp3) is 0.370. The Bertz CT molecular complexity index is 1270. The van der Waals surface area contributed by atoms with E-state index in [0.717, 1.165) is 16.8 Å². The fourth-order valence-corrected chi connectivity index (χ4v) is 4.31. The number of oxazole rings is 1. The molecule has 1 aliphatic heterocycles. The number of hydrogen-bond acceptors (Lipinski definition) is 8. The van der Waals surface area contributed by atoms with Gasteiger partial charge in [0.05, 0.1) is 37.9 Å². The van der Waals surface area contributed by atoms with Crippen LogP contribution < -0.4 is 9.64 Å². The first-order chi connectivity index (χ1) is 18.0. The molecule has 0 N–H and O–H groups in total. The number of nitrogens with zero attached hydrogens (tertiary/aromatic N) is 6. The summed E-state index contributed by atoms with van der Waals surface area (Å²) in [5, 5.41) is 9.03. The van der Waals surface area contributed by atoms with Crippen LogP contribution in [0.4, 0.5) is 5.69 Å². The van der Waals surface area contributed by atoms with Crippen LogP contribution in [-0.4, -0.2) is 71.4 Å². The standard InChI is InChI=1S/C27H30N6O4/c1-20-30-17-25(37-20)23-7-6-22(15-24(23)36-2)31-12-8-26(34)33(14-13-31)19-27(35)32(11-4-9-28)18-21-5-3-10-29-16-21/h3,5-7,10,15-17H,4,8,11-14,18-19H2,1-2H3. The van der Waals surface area contributed by atoms with E-state index in [-0.39, 0.29) is 24.8 Å². The Morgan fingerprint density at radius 1 is 1.24 bits per heavy atom. The van der Waals surface area contributed by atoms with Gasteiger partial charge in [-0.3, -0.25) is 14.6 Å². The third kappa shape index (κ3) is 6.44. The maximum absolute atomic E-state index is 13.1. The monoisotopic (exact) mass is 502 g/mol. The molecule has 3 heterocycles. The van der Waals surface area contributed by atoms with Gasteiger partial charge >= 0.3 is 0 Å². The third-order valence-corrected chi connectivity index (χ3v) is 6.29. The predicted octanol–water partition coefficient (Wildman–Crippen LogP) is 3.03. The molecular weight excluding hydrogens is 472 g/mol. The lowest BCUT2D eigenvalue weighted by Crippen LogP contribution is -2.43. The molecule has 1 fully saturated rings. The average Bonchev–Trinajstić information content (AvgIpc) is 3.27. The van der Waals surface area contributed by atoms with Crippen LogP contribution in [0.2, 0.25) is 0 Å². The van der Waals surface area contributed by atoms with Gasteiger partial charge in [-0.05, 0) is 23.8 Å². The average molecular weight is 503 g/mol.